The molecule has 108 valence electrons. The van der Waals surface area contributed by atoms with Gasteiger partial charge in [0.2, 0.25) is 0 Å². The summed E-state index contributed by atoms with van der Waals surface area (Å²) in [5, 5.41) is 2.88. The number of hydrogen-bond donors (Lipinski definition) is 0. The van der Waals surface area contributed by atoms with Crippen LogP contribution in [0.2, 0.25) is 5.02 Å². The van der Waals surface area contributed by atoms with Crippen molar-refractivity contribution in [1.29, 1.82) is 0 Å². The lowest BCUT2D eigenvalue weighted by Crippen LogP contribution is -1.88. The molecule has 1 aromatic carbocycles. The third kappa shape index (κ3) is 4.47. The molecule has 0 aliphatic carbocycles. The first-order valence-corrected chi connectivity index (χ1v) is 7.86. The van der Waals surface area contributed by atoms with Crippen molar-refractivity contribution in [2.75, 3.05) is 0 Å². The Labute approximate surface area is 135 Å². The van der Waals surface area contributed by atoms with E-state index in [4.69, 9.17) is 11.6 Å². The molecule has 0 saturated carbocycles. The molecule has 4 heteroatoms. The number of thiocarbonyl (C=S) groups is 1. The molecule has 0 saturated heterocycles. The van der Waals surface area contributed by atoms with Crippen molar-refractivity contribution in [3.05, 3.63) is 47.1 Å². The third-order valence-corrected chi connectivity index (χ3v) is 3.68. The standard InChI is InChI=1S/C17H17ClN2S/c1-2-3-4-5-13-6-8-14(9-7-13)17-16(18)10-15(11-19-17)20-12-21/h6-11H,2-5H2,1H3. The molecule has 0 bridgehead atoms. The summed E-state index contributed by atoms with van der Waals surface area (Å²) >= 11 is 10.8. The molecule has 0 fully saturated rings. The van der Waals surface area contributed by atoms with Gasteiger partial charge in [-0.2, -0.15) is 4.99 Å². The van der Waals surface area contributed by atoms with Crippen molar-refractivity contribution in [3.63, 3.8) is 0 Å². The van der Waals surface area contributed by atoms with E-state index in [9.17, 15) is 0 Å². The summed E-state index contributed by atoms with van der Waals surface area (Å²) in [7, 11) is 0. The average Bonchev–Trinajstić information content (AvgIpc) is 2.49. The lowest BCUT2D eigenvalue weighted by atomic mass is 10.0. The monoisotopic (exact) mass is 316 g/mol. The van der Waals surface area contributed by atoms with E-state index in [2.05, 4.69) is 58.5 Å². The van der Waals surface area contributed by atoms with E-state index >= 15 is 0 Å². The summed E-state index contributed by atoms with van der Waals surface area (Å²) in [4.78, 5) is 8.24. The molecule has 21 heavy (non-hydrogen) atoms. The minimum Gasteiger partial charge on any atom is -0.252 e. The number of unbranched alkanes of at least 4 members (excludes halogenated alkanes) is 2. The van der Waals surface area contributed by atoms with Gasteiger partial charge in [0.1, 0.15) is 0 Å². The summed E-state index contributed by atoms with van der Waals surface area (Å²) < 4.78 is 0. The van der Waals surface area contributed by atoms with Crippen LogP contribution >= 0.6 is 23.8 Å². The first kappa shape index (κ1) is 15.8. The van der Waals surface area contributed by atoms with Gasteiger partial charge >= 0.3 is 0 Å². The van der Waals surface area contributed by atoms with Crippen LogP contribution < -0.4 is 0 Å². The van der Waals surface area contributed by atoms with E-state index in [1.807, 2.05) is 0 Å². The Morgan fingerprint density at radius 1 is 1.24 bits per heavy atom. The molecule has 1 aromatic heterocycles. The summed E-state index contributed by atoms with van der Waals surface area (Å²) in [6, 6.07) is 10.2. The average molecular weight is 317 g/mol. The SMILES string of the molecule is CCCCCc1ccc(-c2ncc(N=C=S)cc2Cl)cc1. The van der Waals surface area contributed by atoms with Crippen LogP contribution in [0.1, 0.15) is 31.7 Å². The molecule has 0 atom stereocenters. The van der Waals surface area contributed by atoms with Crippen molar-refractivity contribution >= 4 is 34.7 Å². The van der Waals surface area contributed by atoms with E-state index in [1.165, 1.54) is 24.8 Å². The van der Waals surface area contributed by atoms with Crippen LogP contribution in [0.5, 0.6) is 0 Å². The Morgan fingerprint density at radius 3 is 2.62 bits per heavy atom. The van der Waals surface area contributed by atoms with Gasteiger partial charge in [-0.15, -0.1) is 0 Å². The van der Waals surface area contributed by atoms with Crippen LogP contribution in [0.3, 0.4) is 0 Å². The maximum absolute atomic E-state index is 6.26. The molecule has 0 aliphatic heterocycles. The third-order valence-electron chi connectivity index (χ3n) is 3.30. The van der Waals surface area contributed by atoms with Gasteiger partial charge in [-0.1, -0.05) is 55.6 Å². The van der Waals surface area contributed by atoms with Gasteiger partial charge in [-0.25, -0.2) is 0 Å². The molecule has 2 nitrogen and oxygen atoms in total. The van der Waals surface area contributed by atoms with E-state index in [1.54, 1.807) is 12.3 Å². The van der Waals surface area contributed by atoms with Crippen LogP contribution in [0, 0.1) is 0 Å². The Morgan fingerprint density at radius 2 is 2.00 bits per heavy atom. The lowest BCUT2D eigenvalue weighted by Gasteiger charge is -2.06. The van der Waals surface area contributed by atoms with Gasteiger partial charge in [0, 0.05) is 5.56 Å². The fourth-order valence-electron chi connectivity index (χ4n) is 2.16. The molecular formula is C17H17ClN2S. The zero-order chi connectivity index (χ0) is 15.1. The normalized spacial score (nSPS) is 10.2. The Kier molecular flexibility index (Phi) is 6.06. The largest absolute Gasteiger partial charge is 0.252 e. The van der Waals surface area contributed by atoms with Crippen molar-refractivity contribution < 1.29 is 0 Å². The maximum atomic E-state index is 6.26. The van der Waals surface area contributed by atoms with E-state index in [-0.39, 0.29) is 0 Å². The van der Waals surface area contributed by atoms with E-state index < -0.39 is 0 Å². The highest BCUT2D eigenvalue weighted by Gasteiger charge is 2.06. The molecule has 0 radical (unpaired) electrons. The van der Waals surface area contributed by atoms with Gasteiger partial charge in [0.25, 0.3) is 0 Å². The highest BCUT2D eigenvalue weighted by molar-refractivity contribution is 7.78. The molecule has 0 N–H and O–H groups in total. The molecule has 0 spiro atoms. The van der Waals surface area contributed by atoms with E-state index in [0.29, 0.717) is 10.7 Å². The quantitative estimate of drug-likeness (QED) is 0.378. The van der Waals surface area contributed by atoms with Crippen LogP contribution in [-0.2, 0) is 6.42 Å². The Balaban J connectivity index is 2.16. The molecule has 0 amide bonds. The number of benzene rings is 1. The smallest absolute Gasteiger partial charge is 0.0937 e. The molecule has 0 aliphatic rings. The number of halogens is 1. The number of nitrogens with zero attached hydrogens (tertiary/aromatic N) is 2. The first-order valence-electron chi connectivity index (χ1n) is 7.07. The van der Waals surface area contributed by atoms with Gasteiger partial charge in [-0.05, 0) is 36.7 Å². The molecule has 2 rings (SSSR count). The number of aliphatic imine (C=N–C) groups is 1. The summed E-state index contributed by atoms with van der Waals surface area (Å²) in [5.41, 5.74) is 3.75. The number of aromatic nitrogens is 1. The second-order valence-corrected chi connectivity index (χ2v) is 5.47. The van der Waals surface area contributed by atoms with Gasteiger partial charge in [0.05, 0.1) is 27.8 Å². The van der Waals surface area contributed by atoms with Gasteiger partial charge in [-0.3, -0.25) is 4.98 Å². The first-order chi connectivity index (χ1) is 10.2. The Hall–Kier alpha value is -1.54. The maximum Gasteiger partial charge on any atom is 0.0937 e. The molecule has 2 aromatic rings. The zero-order valence-electron chi connectivity index (χ0n) is 12.0. The number of hydrogen-bond acceptors (Lipinski definition) is 3. The minimum atomic E-state index is 0.570. The minimum absolute atomic E-state index is 0.570. The molecular weight excluding hydrogens is 300 g/mol. The number of rotatable bonds is 6. The predicted octanol–water partition coefficient (Wildman–Crippen LogP) is 5.87. The molecule has 0 unspecified atom stereocenters. The van der Waals surface area contributed by atoms with Crippen LogP contribution in [0.25, 0.3) is 11.3 Å². The summed E-state index contributed by atoms with van der Waals surface area (Å²) in [5.74, 6) is 0. The highest BCUT2D eigenvalue weighted by atomic mass is 35.5. The number of pyridine rings is 1. The zero-order valence-corrected chi connectivity index (χ0v) is 13.5. The highest BCUT2D eigenvalue weighted by Crippen LogP contribution is 2.29. The van der Waals surface area contributed by atoms with Crippen LogP contribution in [-0.4, -0.2) is 10.1 Å². The van der Waals surface area contributed by atoms with Crippen molar-refractivity contribution in [3.8, 4) is 11.3 Å². The second kappa shape index (κ2) is 8.04. The van der Waals surface area contributed by atoms with E-state index in [0.717, 1.165) is 17.7 Å². The number of isothiocyanates is 1. The lowest BCUT2D eigenvalue weighted by molar-refractivity contribution is 0.717. The fraction of sp³-hybridized carbons (Fsp3) is 0.294. The second-order valence-electron chi connectivity index (χ2n) is 4.88. The Bertz CT molecular complexity index is 646. The van der Waals surface area contributed by atoms with Gasteiger partial charge < -0.3 is 0 Å². The summed E-state index contributed by atoms with van der Waals surface area (Å²) in [6.07, 6.45) is 6.53. The number of aryl methyl sites for hydroxylation is 1. The summed E-state index contributed by atoms with van der Waals surface area (Å²) in [6.45, 7) is 2.22. The van der Waals surface area contributed by atoms with Crippen LogP contribution in [0.4, 0.5) is 5.69 Å². The predicted molar refractivity (Wildman–Crippen MR) is 92.6 cm³/mol. The topological polar surface area (TPSA) is 25.2 Å². The van der Waals surface area contributed by atoms with Crippen molar-refractivity contribution in [2.45, 2.75) is 32.6 Å². The molecule has 1 heterocycles. The van der Waals surface area contributed by atoms with Gasteiger partial charge in [0.15, 0.2) is 0 Å². The fourth-order valence-corrected chi connectivity index (χ4v) is 2.54. The van der Waals surface area contributed by atoms with Crippen molar-refractivity contribution in [2.24, 2.45) is 4.99 Å². The van der Waals surface area contributed by atoms with Crippen molar-refractivity contribution in [1.82, 2.24) is 4.98 Å². The van der Waals surface area contributed by atoms with Crippen LogP contribution in [0.15, 0.2) is 41.5 Å².